The highest BCUT2D eigenvalue weighted by Gasteiger charge is 2.45. The summed E-state index contributed by atoms with van der Waals surface area (Å²) in [4.78, 5) is 11.6. The molecule has 5 nitrogen and oxygen atoms in total. The Hall–Kier alpha value is -2.69. The Morgan fingerprint density at radius 1 is 1.08 bits per heavy atom. The molecule has 1 aliphatic rings. The van der Waals surface area contributed by atoms with Crippen molar-refractivity contribution < 1.29 is 24.9 Å². The van der Waals surface area contributed by atoms with Crippen LogP contribution in [0.2, 0.25) is 0 Å². The number of carbonyl (C=O) groups is 1. The lowest BCUT2D eigenvalue weighted by atomic mass is 9.70. The zero-order chi connectivity index (χ0) is 17.7. The van der Waals surface area contributed by atoms with Gasteiger partial charge >= 0.3 is 5.97 Å². The Morgan fingerprint density at radius 2 is 1.79 bits per heavy atom. The van der Waals surface area contributed by atoms with Crippen LogP contribution in [-0.4, -0.2) is 21.3 Å². The predicted molar refractivity (Wildman–Crippen MR) is 88.8 cm³/mol. The Morgan fingerprint density at radius 3 is 2.46 bits per heavy atom. The number of phenols is 2. The quantitative estimate of drug-likeness (QED) is 0.781. The van der Waals surface area contributed by atoms with E-state index in [4.69, 9.17) is 4.74 Å². The lowest BCUT2D eigenvalue weighted by Gasteiger charge is -2.45. The molecule has 1 atom stereocenters. The third-order valence-corrected chi connectivity index (χ3v) is 4.63. The van der Waals surface area contributed by atoms with Crippen LogP contribution < -0.4 is 4.74 Å². The highest BCUT2D eigenvalue weighted by molar-refractivity contribution is 5.90. The third-order valence-electron chi connectivity index (χ3n) is 4.63. The SMILES string of the molecule is CC1(C)CC(C)(c2ccc(O)cc2C(=O)O)Oc2c(O)cccc21. The molecule has 0 fully saturated rings. The maximum atomic E-state index is 11.6. The molecule has 0 saturated heterocycles. The van der Waals surface area contributed by atoms with Crippen LogP contribution in [0.25, 0.3) is 0 Å². The number of para-hydroxylation sites is 1. The van der Waals surface area contributed by atoms with E-state index in [0.717, 1.165) is 5.56 Å². The number of rotatable bonds is 2. The van der Waals surface area contributed by atoms with Crippen molar-refractivity contribution in [2.24, 2.45) is 0 Å². The van der Waals surface area contributed by atoms with Crippen molar-refractivity contribution in [2.45, 2.75) is 38.2 Å². The molecule has 0 aliphatic carbocycles. The summed E-state index contributed by atoms with van der Waals surface area (Å²) in [5.41, 5.74) is 0.0726. The first-order valence-corrected chi connectivity index (χ1v) is 7.72. The van der Waals surface area contributed by atoms with Crippen molar-refractivity contribution in [3.05, 3.63) is 53.1 Å². The summed E-state index contributed by atoms with van der Waals surface area (Å²) < 4.78 is 6.11. The maximum absolute atomic E-state index is 11.6. The van der Waals surface area contributed by atoms with Gasteiger partial charge < -0.3 is 20.1 Å². The van der Waals surface area contributed by atoms with Gasteiger partial charge in [-0.1, -0.05) is 32.0 Å². The van der Waals surface area contributed by atoms with Gasteiger partial charge in [0.15, 0.2) is 11.5 Å². The van der Waals surface area contributed by atoms with E-state index in [0.29, 0.717) is 17.7 Å². The van der Waals surface area contributed by atoms with Crippen molar-refractivity contribution >= 4 is 5.97 Å². The average Bonchev–Trinajstić information content (AvgIpc) is 2.47. The van der Waals surface area contributed by atoms with E-state index in [1.165, 1.54) is 12.1 Å². The number of phenolic OH excluding ortho intramolecular Hbond substituents is 2. The summed E-state index contributed by atoms with van der Waals surface area (Å²) in [5.74, 6) is -0.840. The highest BCUT2D eigenvalue weighted by atomic mass is 16.5. The van der Waals surface area contributed by atoms with Gasteiger partial charge in [0.25, 0.3) is 0 Å². The molecule has 1 unspecified atom stereocenters. The van der Waals surface area contributed by atoms with Crippen molar-refractivity contribution in [1.29, 1.82) is 0 Å². The molecule has 0 saturated carbocycles. The zero-order valence-corrected chi connectivity index (χ0v) is 13.8. The third kappa shape index (κ3) is 2.46. The second-order valence-corrected chi connectivity index (χ2v) is 7.08. The van der Waals surface area contributed by atoms with Gasteiger partial charge in [-0.3, -0.25) is 0 Å². The molecule has 24 heavy (non-hydrogen) atoms. The molecule has 1 aliphatic heterocycles. The van der Waals surface area contributed by atoms with Gasteiger partial charge in [-0.15, -0.1) is 0 Å². The van der Waals surface area contributed by atoms with Crippen LogP contribution in [0.4, 0.5) is 0 Å². The van der Waals surface area contributed by atoms with E-state index in [2.05, 4.69) is 0 Å². The molecule has 3 rings (SSSR count). The molecule has 0 amide bonds. The first-order chi connectivity index (χ1) is 11.1. The molecule has 2 aromatic rings. The largest absolute Gasteiger partial charge is 0.508 e. The van der Waals surface area contributed by atoms with Crippen LogP contribution in [0.5, 0.6) is 17.2 Å². The lowest BCUT2D eigenvalue weighted by molar-refractivity contribution is 0.0273. The second kappa shape index (κ2) is 5.16. The number of fused-ring (bicyclic) bond motifs is 1. The summed E-state index contributed by atoms with van der Waals surface area (Å²) in [7, 11) is 0. The molecule has 2 aromatic carbocycles. The fourth-order valence-electron chi connectivity index (χ4n) is 3.69. The Balaban J connectivity index is 2.20. The van der Waals surface area contributed by atoms with E-state index >= 15 is 0 Å². The predicted octanol–water partition coefficient (Wildman–Crippen LogP) is 3.77. The first kappa shape index (κ1) is 16.2. The van der Waals surface area contributed by atoms with Crippen LogP contribution in [0.3, 0.4) is 0 Å². The van der Waals surface area contributed by atoms with E-state index in [1.54, 1.807) is 18.2 Å². The minimum atomic E-state index is -1.13. The number of hydrogen-bond acceptors (Lipinski definition) is 4. The van der Waals surface area contributed by atoms with Gasteiger partial charge in [0.1, 0.15) is 11.4 Å². The smallest absolute Gasteiger partial charge is 0.336 e. The molecule has 3 N–H and O–H groups in total. The summed E-state index contributed by atoms with van der Waals surface area (Å²) in [6.07, 6.45) is 0.529. The van der Waals surface area contributed by atoms with E-state index in [-0.39, 0.29) is 22.5 Å². The van der Waals surface area contributed by atoms with Crippen molar-refractivity contribution in [1.82, 2.24) is 0 Å². The van der Waals surface area contributed by atoms with Gasteiger partial charge in [-0.2, -0.15) is 0 Å². The maximum Gasteiger partial charge on any atom is 0.336 e. The summed E-state index contributed by atoms with van der Waals surface area (Å²) in [6, 6.07) is 9.47. The highest BCUT2D eigenvalue weighted by Crippen LogP contribution is 2.52. The molecule has 1 heterocycles. The van der Waals surface area contributed by atoms with Gasteiger partial charge in [0, 0.05) is 17.5 Å². The average molecular weight is 328 g/mol. The van der Waals surface area contributed by atoms with E-state index < -0.39 is 11.6 Å². The van der Waals surface area contributed by atoms with Crippen LogP contribution in [0, 0.1) is 0 Å². The van der Waals surface area contributed by atoms with Crippen molar-refractivity contribution in [2.75, 3.05) is 0 Å². The standard InChI is InChI=1S/C19H20O5/c1-18(2)10-19(3,24-16-14(18)5-4-6-15(16)21)13-8-7-11(20)9-12(13)17(22)23/h4-9,20-21H,10H2,1-3H3,(H,22,23). The fourth-order valence-corrected chi connectivity index (χ4v) is 3.69. The minimum Gasteiger partial charge on any atom is -0.508 e. The monoisotopic (exact) mass is 328 g/mol. The number of benzene rings is 2. The van der Waals surface area contributed by atoms with Crippen LogP contribution in [-0.2, 0) is 11.0 Å². The Labute approximate surface area is 140 Å². The van der Waals surface area contributed by atoms with Crippen molar-refractivity contribution in [3.63, 3.8) is 0 Å². The first-order valence-electron chi connectivity index (χ1n) is 7.72. The Kier molecular flexibility index (Phi) is 3.48. The number of hydrogen-bond donors (Lipinski definition) is 3. The van der Waals surface area contributed by atoms with Crippen LogP contribution in [0.1, 0.15) is 48.7 Å². The molecule has 0 bridgehead atoms. The molecule has 126 valence electrons. The minimum absolute atomic E-state index is 0.00725. The molecule has 5 heteroatoms. The number of carboxylic acid groups (broad SMARTS) is 1. The molecule has 0 spiro atoms. The number of carboxylic acids is 1. The summed E-state index contributed by atoms with van der Waals surface area (Å²) >= 11 is 0. The van der Waals surface area contributed by atoms with Crippen molar-refractivity contribution in [3.8, 4) is 17.2 Å². The normalized spacial score (nSPS) is 21.6. The lowest BCUT2D eigenvalue weighted by Crippen LogP contribution is -2.42. The van der Waals surface area contributed by atoms with Gasteiger partial charge in [-0.25, -0.2) is 4.79 Å². The van der Waals surface area contributed by atoms with Gasteiger partial charge in [-0.05, 0) is 30.5 Å². The van der Waals surface area contributed by atoms with Crippen LogP contribution in [0.15, 0.2) is 36.4 Å². The number of ether oxygens (including phenoxy) is 1. The number of aromatic hydroxyl groups is 2. The summed E-state index contributed by atoms with van der Waals surface area (Å²) in [6.45, 7) is 5.88. The molecular formula is C19H20O5. The second-order valence-electron chi connectivity index (χ2n) is 7.08. The van der Waals surface area contributed by atoms with E-state index in [9.17, 15) is 20.1 Å². The fraction of sp³-hybridized carbons (Fsp3) is 0.316. The van der Waals surface area contributed by atoms with Gasteiger partial charge in [0.2, 0.25) is 0 Å². The summed E-state index contributed by atoms with van der Waals surface area (Å²) in [5, 5.41) is 29.3. The van der Waals surface area contributed by atoms with E-state index in [1.807, 2.05) is 26.8 Å². The van der Waals surface area contributed by atoms with Gasteiger partial charge in [0.05, 0.1) is 5.56 Å². The van der Waals surface area contributed by atoms with Crippen LogP contribution >= 0.6 is 0 Å². The molecule has 0 radical (unpaired) electrons. The number of aromatic carboxylic acids is 1. The Bertz CT molecular complexity index is 825. The molecular weight excluding hydrogens is 308 g/mol. The zero-order valence-electron chi connectivity index (χ0n) is 13.8. The topological polar surface area (TPSA) is 87.0 Å². The molecule has 0 aromatic heterocycles.